The number of hydrogen-bond donors (Lipinski definition) is 1. The van der Waals surface area contributed by atoms with Crippen LogP contribution >= 0.6 is 0 Å². The Kier molecular flexibility index (Phi) is 2.72. The molecule has 2 heteroatoms. The number of ether oxygens (including phenoxy) is 1. The van der Waals surface area contributed by atoms with Gasteiger partial charge in [0.05, 0.1) is 18.3 Å². The van der Waals surface area contributed by atoms with E-state index in [0.717, 1.165) is 18.4 Å². The Morgan fingerprint density at radius 3 is 2.76 bits per heavy atom. The standard InChI is InChI=1S/C15H20O2/c1-9-3-4-10(2)12(7-9)15(16)13-8-11-5-6-14(13)17-11/h3-4,7,11,13-16H,5-6,8H2,1-2H3. The average Bonchev–Trinajstić information content (AvgIpc) is 2.93. The van der Waals surface area contributed by atoms with E-state index in [1.165, 1.54) is 17.5 Å². The van der Waals surface area contributed by atoms with Gasteiger partial charge in [0, 0.05) is 5.92 Å². The van der Waals surface area contributed by atoms with Gasteiger partial charge in [-0.25, -0.2) is 0 Å². The highest BCUT2D eigenvalue weighted by Gasteiger charge is 2.44. The second kappa shape index (κ2) is 4.11. The topological polar surface area (TPSA) is 29.5 Å². The number of aliphatic hydroxyl groups excluding tert-OH is 1. The van der Waals surface area contributed by atoms with Crippen LogP contribution in [0.25, 0.3) is 0 Å². The smallest absolute Gasteiger partial charge is 0.0846 e. The van der Waals surface area contributed by atoms with E-state index in [-0.39, 0.29) is 12.2 Å². The molecule has 2 fully saturated rings. The van der Waals surface area contributed by atoms with E-state index < -0.39 is 0 Å². The number of fused-ring (bicyclic) bond motifs is 2. The molecule has 1 N–H and O–H groups in total. The third-order valence-electron chi connectivity index (χ3n) is 4.31. The summed E-state index contributed by atoms with van der Waals surface area (Å²) in [6.45, 7) is 4.15. The van der Waals surface area contributed by atoms with Crippen LogP contribution in [0, 0.1) is 19.8 Å². The largest absolute Gasteiger partial charge is 0.388 e. The highest BCUT2D eigenvalue weighted by Crippen LogP contribution is 2.45. The first kappa shape index (κ1) is 11.2. The summed E-state index contributed by atoms with van der Waals surface area (Å²) >= 11 is 0. The van der Waals surface area contributed by atoms with Gasteiger partial charge in [-0.2, -0.15) is 0 Å². The van der Waals surface area contributed by atoms with E-state index in [1.807, 2.05) is 0 Å². The molecule has 3 rings (SSSR count). The van der Waals surface area contributed by atoms with Crippen molar-refractivity contribution in [1.82, 2.24) is 0 Å². The average molecular weight is 232 g/mol. The predicted octanol–water partition coefficient (Wildman–Crippen LogP) is 2.90. The van der Waals surface area contributed by atoms with Crippen molar-refractivity contribution in [2.45, 2.75) is 51.4 Å². The summed E-state index contributed by atoms with van der Waals surface area (Å²) in [5.74, 6) is 0.300. The van der Waals surface area contributed by atoms with Gasteiger partial charge in [0.2, 0.25) is 0 Å². The maximum atomic E-state index is 10.6. The molecule has 17 heavy (non-hydrogen) atoms. The van der Waals surface area contributed by atoms with Crippen molar-refractivity contribution in [3.8, 4) is 0 Å². The van der Waals surface area contributed by atoms with Crippen LogP contribution in [-0.4, -0.2) is 17.3 Å². The molecular weight excluding hydrogens is 212 g/mol. The summed E-state index contributed by atoms with van der Waals surface area (Å²) in [7, 11) is 0. The molecule has 0 amide bonds. The first-order chi connectivity index (χ1) is 8.15. The van der Waals surface area contributed by atoms with E-state index in [1.54, 1.807) is 0 Å². The number of aliphatic hydroxyl groups is 1. The van der Waals surface area contributed by atoms with Gasteiger partial charge in [0.15, 0.2) is 0 Å². The van der Waals surface area contributed by atoms with Gasteiger partial charge >= 0.3 is 0 Å². The molecule has 2 saturated heterocycles. The van der Waals surface area contributed by atoms with Gasteiger partial charge in [0.1, 0.15) is 0 Å². The number of aryl methyl sites for hydroxylation is 2. The van der Waals surface area contributed by atoms with Crippen molar-refractivity contribution in [3.63, 3.8) is 0 Å². The van der Waals surface area contributed by atoms with Crippen LogP contribution in [-0.2, 0) is 4.74 Å². The van der Waals surface area contributed by atoms with Crippen molar-refractivity contribution in [1.29, 1.82) is 0 Å². The molecule has 0 spiro atoms. The molecule has 2 bridgehead atoms. The predicted molar refractivity (Wildman–Crippen MR) is 66.9 cm³/mol. The molecule has 2 nitrogen and oxygen atoms in total. The highest BCUT2D eigenvalue weighted by molar-refractivity contribution is 5.33. The van der Waals surface area contributed by atoms with E-state index in [4.69, 9.17) is 4.74 Å². The molecule has 2 heterocycles. The second-order valence-electron chi connectivity index (χ2n) is 5.58. The minimum atomic E-state index is -0.356. The molecule has 1 aromatic rings. The van der Waals surface area contributed by atoms with Gasteiger partial charge in [0.25, 0.3) is 0 Å². The summed E-state index contributed by atoms with van der Waals surface area (Å²) in [5.41, 5.74) is 3.49. The number of rotatable bonds is 2. The van der Waals surface area contributed by atoms with Crippen LogP contribution < -0.4 is 0 Å². The monoisotopic (exact) mass is 232 g/mol. The fourth-order valence-corrected chi connectivity index (χ4v) is 3.32. The maximum absolute atomic E-state index is 10.6. The van der Waals surface area contributed by atoms with Crippen LogP contribution in [0.2, 0.25) is 0 Å². The lowest BCUT2D eigenvalue weighted by Crippen LogP contribution is -2.24. The minimum absolute atomic E-state index is 0.287. The van der Waals surface area contributed by atoms with E-state index in [9.17, 15) is 5.11 Å². The number of benzene rings is 1. The Morgan fingerprint density at radius 2 is 2.12 bits per heavy atom. The van der Waals surface area contributed by atoms with Crippen molar-refractivity contribution in [2.24, 2.45) is 5.92 Å². The zero-order valence-electron chi connectivity index (χ0n) is 10.5. The number of hydrogen-bond acceptors (Lipinski definition) is 2. The zero-order chi connectivity index (χ0) is 12.0. The quantitative estimate of drug-likeness (QED) is 0.849. The molecule has 2 aliphatic rings. The van der Waals surface area contributed by atoms with E-state index >= 15 is 0 Å². The molecule has 0 radical (unpaired) electrons. The Bertz CT molecular complexity index is 427. The normalized spacial score (nSPS) is 33.0. The van der Waals surface area contributed by atoms with Crippen LogP contribution in [0.15, 0.2) is 18.2 Å². The molecule has 4 unspecified atom stereocenters. The van der Waals surface area contributed by atoms with Crippen LogP contribution in [0.1, 0.15) is 42.1 Å². The summed E-state index contributed by atoms with van der Waals surface area (Å²) in [5, 5.41) is 10.6. The highest BCUT2D eigenvalue weighted by atomic mass is 16.5. The van der Waals surface area contributed by atoms with Crippen molar-refractivity contribution in [3.05, 3.63) is 34.9 Å². The van der Waals surface area contributed by atoms with Crippen molar-refractivity contribution < 1.29 is 9.84 Å². The first-order valence-electron chi connectivity index (χ1n) is 6.56. The van der Waals surface area contributed by atoms with Crippen LogP contribution in [0.4, 0.5) is 0 Å². The lowest BCUT2D eigenvalue weighted by Gasteiger charge is -2.26. The molecule has 0 saturated carbocycles. The maximum Gasteiger partial charge on any atom is 0.0846 e. The Labute approximate surface area is 103 Å². The SMILES string of the molecule is Cc1ccc(C)c(C(O)C2CC3CCC2O3)c1. The molecule has 92 valence electrons. The fourth-order valence-electron chi connectivity index (χ4n) is 3.32. The Balaban J connectivity index is 1.86. The first-order valence-corrected chi connectivity index (χ1v) is 6.56. The summed E-state index contributed by atoms with van der Waals surface area (Å²) in [6.07, 6.45) is 3.67. The molecule has 1 aromatic carbocycles. The van der Waals surface area contributed by atoms with Gasteiger partial charge in [-0.1, -0.05) is 23.8 Å². The molecule has 0 aliphatic carbocycles. The third-order valence-corrected chi connectivity index (χ3v) is 4.31. The van der Waals surface area contributed by atoms with Gasteiger partial charge in [-0.05, 0) is 44.2 Å². The van der Waals surface area contributed by atoms with Gasteiger partial charge in [-0.15, -0.1) is 0 Å². The lowest BCUT2D eigenvalue weighted by atomic mass is 9.81. The van der Waals surface area contributed by atoms with E-state index in [2.05, 4.69) is 32.0 Å². The summed E-state index contributed by atoms with van der Waals surface area (Å²) in [4.78, 5) is 0. The summed E-state index contributed by atoms with van der Waals surface area (Å²) in [6, 6.07) is 6.32. The molecule has 2 aliphatic heterocycles. The Hall–Kier alpha value is -0.860. The third kappa shape index (κ3) is 1.90. The molecule has 4 atom stereocenters. The molecule has 0 aromatic heterocycles. The van der Waals surface area contributed by atoms with Crippen LogP contribution in [0.5, 0.6) is 0 Å². The summed E-state index contributed by atoms with van der Waals surface area (Å²) < 4.78 is 5.84. The van der Waals surface area contributed by atoms with Crippen molar-refractivity contribution >= 4 is 0 Å². The lowest BCUT2D eigenvalue weighted by molar-refractivity contribution is 0.0420. The minimum Gasteiger partial charge on any atom is -0.388 e. The molecular formula is C15H20O2. The van der Waals surface area contributed by atoms with Gasteiger partial charge < -0.3 is 9.84 Å². The Morgan fingerprint density at radius 1 is 1.29 bits per heavy atom. The van der Waals surface area contributed by atoms with Crippen molar-refractivity contribution in [2.75, 3.05) is 0 Å². The fraction of sp³-hybridized carbons (Fsp3) is 0.600. The second-order valence-corrected chi connectivity index (χ2v) is 5.58. The van der Waals surface area contributed by atoms with E-state index in [0.29, 0.717) is 12.0 Å². The zero-order valence-corrected chi connectivity index (χ0v) is 10.5. The van der Waals surface area contributed by atoms with Gasteiger partial charge in [-0.3, -0.25) is 0 Å². The van der Waals surface area contributed by atoms with Crippen LogP contribution in [0.3, 0.4) is 0 Å².